The van der Waals surface area contributed by atoms with Crippen LogP contribution in [0.25, 0.3) is 0 Å². The molecular weight excluding hydrogens is 284 g/mol. The molecule has 0 aliphatic carbocycles. The molecule has 0 radical (unpaired) electrons. The molecule has 0 bridgehead atoms. The van der Waals surface area contributed by atoms with Crippen LogP contribution in [0.3, 0.4) is 0 Å². The van der Waals surface area contributed by atoms with Gasteiger partial charge in [-0.1, -0.05) is 0 Å². The fraction of sp³-hybridized carbons (Fsp3) is 0.917. The molecule has 3 atom stereocenters. The van der Waals surface area contributed by atoms with Crippen molar-refractivity contribution in [3.63, 3.8) is 0 Å². The van der Waals surface area contributed by atoms with Crippen LogP contribution in [0.2, 0.25) is 0 Å². The maximum atomic E-state index is 12.5. The average molecular weight is 304 g/mol. The van der Waals surface area contributed by atoms with E-state index in [4.69, 9.17) is 9.57 Å². The highest BCUT2D eigenvalue weighted by Crippen LogP contribution is 2.36. The highest BCUT2D eigenvalue weighted by Gasteiger charge is 2.52. The number of sulfonamides is 1. The lowest BCUT2D eigenvalue weighted by molar-refractivity contribution is -0.203. The van der Waals surface area contributed by atoms with Crippen LogP contribution in [-0.2, 0) is 24.4 Å². The summed E-state index contributed by atoms with van der Waals surface area (Å²) in [6.07, 6.45) is 3.38. The van der Waals surface area contributed by atoms with E-state index in [0.29, 0.717) is 26.2 Å². The van der Waals surface area contributed by atoms with Gasteiger partial charge in [-0.05, 0) is 19.3 Å². The quantitative estimate of drug-likeness (QED) is 0.693. The van der Waals surface area contributed by atoms with Crippen LogP contribution in [0, 0.1) is 5.92 Å². The van der Waals surface area contributed by atoms with Gasteiger partial charge in [0.25, 0.3) is 5.91 Å². The standard InChI is InChI=1S/C12H20N2O5S/c1-20(16,17)14-8-9(11-10(14)4-7-18-11)12(15)13-5-2-3-6-19-13/h9-11H,2-8H2,1H3/t9-,10+,11+/m0/s1. The van der Waals surface area contributed by atoms with Gasteiger partial charge in [-0.15, -0.1) is 0 Å². The smallest absolute Gasteiger partial charge is 0.253 e. The van der Waals surface area contributed by atoms with Gasteiger partial charge in [0.05, 0.1) is 30.9 Å². The Labute approximate surface area is 118 Å². The number of carbonyl (C=O) groups excluding carboxylic acids is 1. The molecule has 0 aromatic heterocycles. The predicted octanol–water partition coefficient (Wildman–Crippen LogP) is -0.411. The molecule has 3 aliphatic heterocycles. The van der Waals surface area contributed by atoms with E-state index in [1.807, 2.05) is 0 Å². The van der Waals surface area contributed by atoms with Gasteiger partial charge in [0.15, 0.2) is 0 Å². The molecule has 3 rings (SSSR count). The summed E-state index contributed by atoms with van der Waals surface area (Å²) in [6, 6.07) is -0.205. The number of ether oxygens (including phenoxy) is 1. The molecule has 3 saturated heterocycles. The third-order valence-corrected chi connectivity index (χ3v) is 5.51. The number of rotatable bonds is 2. The Morgan fingerprint density at radius 1 is 1.25 bits per heavy atom. The first-order chi connectivity index (χ1) is 9.48. The number of carbonyl (C=O) groups is 1. The topological polar surface area (TPSA) is 76.2 Å². The van der Waals surface area contributed by atoms with Crippen LogP contribution >= 0.6 is 0 Å². The number of nitrogens with zero attached hydrogens (tertiary/aromatic N) is 2. The van der Waals surface area contributed by atoms with Crippen molar-refractivity contribution in [2.45, 2.75) is 31.4 Å². The number of fused-ring (bicyclic) bond motifs is 1. The summed E-state index contributed by atoms with van der Waals surface area (Å²) in [7, 11) is -3.31. The van der Waals surface area contributed by atoms with E-state index in [2.05, 4.69) is 0 Å². The SMILES string of the molecule is CS(=O)(=O)N1C[C@H](C(=O)N2CCCCO2)[C@H]2OCC[C@H]21. The van der Waals surface area contributed by atoms with Crippen molar-refractivity contribution in [1.29, 1.82) is 0 Å². The Kier molecular flexibility index (Phi) is 3.74. The largest absolute Gasteiger partial charge is 0.376 e. The molecule has 0 saturated carbocycles. The maximum absolute atomic E-state index is 12.5. The van der Waals surface area contributed by atoms with Gasteiger partial charge in [-0.2, -0.15) is 4.31 Å². The second-order valence-electron chi connectivity index (χ2n) is 5.61. The summed E-state index contributed by atoms with van der Waals surface area (Å²) >= 11 is 0. The minimum Gasteiger partial charge on any atom is -0.376 e. The van der Waals surface area contributed by atoms with Crippen LogP contribution in [0.4, 0.5) is 0 Å². The molecule has 0 aromatic carbocycles. The van der Waals surface area contributed by atoms with Crippen LogP contribution in [0.15, 0.2) is 0 Å². The zero-order valence-electron chi connectivity index (χ0n) is 11.5. The number of hydroxylamine groups is 2. The van der Waals surface area contributed by atoms with E-state index in [1.165, 1.54) is 15.6 Å². The summed E-state index contributed by atoms with van der Waals surface area (Å²) in [5.41, 5.74) is 0. The van der Waals surface area contributed by atoms with Crippen LogP contribution < -0.4 is 0 Å². The van der Waals surface area contributed by atoms with Crippen LogP contribution in [0.5, 0.6) is 0 Å². The highest BCUT2D eigenvalue weighted by atomic mass is 32.2. The summed E-state index contributed by atoms with van der Waals surface area (Å²) in [5.74, 6) is -0.594. The number of hydrogen-bond donors (Lipinski definition) is 0. The first kappa shape index (κ1) is 14.2. The third kappa shape index (κ3) is 2.45. The second kappa shape index (κ2) is 5.25. The van der Waals surface area contributed by atoms with Crippen molar-refractivity contribution in [3.8, 4) is 0 Å². The molecule has 0 N–H and O–H groups in total. The zero-order valence-corrected chi connectivity index (χ0v) is 12.3. The molecule has 3 heterocycles. The summed E-state index contributed by atoms with van der Waals surface area (Å²) in [5, 5.41) is 1.39. The van der Waals surface area contributed by atoms with Crippen molar-refractivity contribution in [2.75, 3.05) is 32.6 Å². The highest BCUT2D eigenvalue weighted by molar-refractivity contribution is 7.88. The van der Waals surface area contributed by atoms with E-state index >= 15 is 0 Å². The molecule has 0 aromatic rings. The van der Waals surface area contributed by atoms with Crippen molar-refractivity contribution >= 4 is 15.9 Å². The molecule has 20 heavy (non-hydrogen) atoms. The van der Waals surface area contributed by atoms with E-state index in [0.717, 1.165) is 12.8 Å². The van der Waals surface area contributed by atoms with Crippen molar-refractivity contribution in [1.82, 2.24) is 9.37 Å². The Hall–Kier alpha value is -0.700. The fourth-order valence-electron chi connectivity index (χ4n) is 3.28. The molecule has 0 spiro atoms. The molecule has 1 amide bonds. The Morgan fingerprint density at radius 3 is 2.70 bits per heavy atom. The summed E-state index contributed by atoms with van der Waals surface area (Å²) < 4.78 is 30.7. The van der Waals surface area contributed by atoms with E-state index in [-0.39, 0.29) is 24.6 Å². The Balaban J connectivity index is 1.78. The van der Waals surface area contributed by atoms with E-state index in [1.54, 1.807) is 0 Å². The average Bonchev–Trinajstić information content (AvgIpc) is 2.99. The lowest BCUT2D eigenvalue weighted by Gasteiger charge is -2.29. The van der Waals surface area contributed by atoms with E-state index in [9.17, 15) is 13.2 Å². The van der Waals surface area contributed by atoms with Crippen molar-refractivity contribution in [3.05, 3.63) is 0 Å². The summed E-state index contributed by atoms with van der Waals surface area (Å²) in [6.45, 7) is 1.83. The van der Waals surface area contributed by atoms with Gasteiger partial charge in [0.1, 0.15) is 0 Å². The summed E-state index contributed by atoms with van der Waals surface area (Å²) in [4.78, 5) is 17.9. The first-order valence-corrected chi connectivity index (χ1v) is 8.86. The van der Waals surface area contributed by atoms with Crippen molar-refractivity contribution in [2.24, 2.45) is 5.92 Å². The van der Waals surface area contributed by atoms with Gasteiger partial charge in [-0.25, -0.2) is 13.5 Å². The fourth-order valence-corrected chi connectivity index (χ4v) is 4.43. The normalized spacial score (nSPS) is 35.2. The lowest BCUT2D eigenvalue weighted by Crippen LogP contribution is -2.43. The number of hydrogen-bond acceptors (Lipinski definition) is 5. The number of amides is 1. The monoisotopic (exact) mass is 304 g/mol. The molecule has 114 valence electrons. The van der Waals surface area contributed by atoms with Gasteiger partial charge in [0.2, 0.25) is 10.0 Å². The predicted molar refractivity (Wildman–Crippen MR) is 70.1 cm³/mol. The molecular formula is C12H20N2O5S. The van der Waals surface area contributed by atoms with E-state index < -0.39 is 15.9 Å². The second-order valence-corrected chi connectivity index (χ2v) is 7.55. The van der Waals surface area contributed by atoms with Gasteiger partial charge in [-0.3, -0.25) is 9.63 Å². The van der Waals surface area contributed by atoms with Crippen LogP contribution in [-0.4, -0.2) is 68.4 Å². The molecule has 0 unspecified atom stereocenters. The minimum atomic E-state index is -3.31. The first-order valence-electron chi connectivity index (χ1n) is 7.01. The van der Waals surface area contributed by atoms with Gasteiger partial charge >= 0.3 is 0 Å². The van der Waals surface area contributed by atoms with Gasteiger partial charge < -0.3 is 4.74 Å². The Morgan fingerprint density at radius 2 is 2.05 bits per heavy atom. The van der Waals surface area contributed by atoms with Crippen LogP contribution in [0.1, 0.15) is 19.3 Å². The zero-order chi connectivity index (χ0) is 14.3. The lowest BCUT2D eigenvalue weighted by atomic mass is 10.0. The molecule has 7 nitrogen and oxygen atoms in total. The van der Waals surface area contributed by atoms with Crippen molar-refractivity contribution < 1.29 is 22.8 Å². The third-order valence-electron chi connectivity index (χ3n) is 4.24. The molecule has 3 fully saturated rings. The van der Waals surface area contributed by atoms with Gasteiger partial charge in [0, 0.05) is 19.7 Å². The minimum absolute atomic E-state index is 0.146. The molecule has 3 aliphatic rings. The molecule has 8 heteroatoms. The Bertz CT molecular complexity index is 488. The maximum Gasteiger partial charge on any atom is 0.253 e.